The second-order valence-corrected chi connectivity index (χ2v) is 9.14. The lowest BCUT2D eigenvalue weighted by Gasteiger charge is -2.10. The number of hydrogen-bond acceptors (Lipinski definition) is 6. The number of aryl methyl sites for hydroxylation is 1. The number of ether oxygens (including phenoxy) is 1. The molecule has 2 aromatic rings. The van der Waals surface area contributed by atoms with Crippen molar-refractivity contribution in [1.82, 2.24) is 14.6 Å². The maximum Gasteiger partial charge on any atom is 0.319 e. The van der Waals surface area contributed by atoms with Gasteiger partial charge in [0.1, 0.15) is 17.2 Å². The number of nitrogens with zero attached hydrogens (tertiary/aromatic N) is 2. The number of aromatic nitrogens is 1. The SMILES string of the molecule is Cc1ccc(COc2nsc(NC(=O)NCCCCCCN(C)C)c2C(N)=O)c(Cl)c1Cl. The zero-order valence-electron chi connectivity index (χ0n) is 18.5. The molecule has 4 N–H and O–H groups in total. The predicted octanol–water partition coefficient (Wildman–Crippen LogP) is 4.68. The van der Waals surface area contributed by atoms with Gasteiger partial charge in [0.05, 0.1) is 10.0 Å². The summed E-state index contributed by atoms with van der Waals surface area (Å²) in [4.78, 5) is 26.3. The first-order valence-corrected chi connectivity index (χ1v) is 11.8. The summed E-state index contributed by atoms with van der Waals surface area (Å²) in [7, 11) is 4.10. The Labute approximate surface area is 202 Å². The van der Waals surface area contributed by atoms with E-state index in [0.717, 1.165) is 49.3 Å². The number of amides is 3. The third-order valence-electron chi connectivity index (χ3n) is 4.67. The van der Waals surface area contributed by atoms with Gasteiger partial charge in [0, 0.05) is 12.1 Å². The van der Waals surface area contributed by atoms with Gasteiger partial charge in [-0.25, -0.2) is 4.79 Å². The van der Waals surface area contributed by atoms with E-state index in [4.69, 9.17) is 33.7 Å². The number of hydrogen-bond donors (Lipinski definition) is 3. The molecule has 176 valence electrons. The van der Waals surface area contributed by atoms with Gasteiger partial charge in [0.2, 0.25) is 5.88 Å². The molecule has 8 nitrogen and oxygen atoms in total. The molecule has 1 aromatic heterocycles. The molecule has 11 heteroatoms. The van der Waals surface area contributed by atoms with E-state index >= 15 is 0 Å². The summed E-state index contributed by atoms with van der Waals surface area (Å²) in [6, 6.07) is 3.18. The van der Waals surface area contributed by atoms with Crippen LogP contribution >= 0.6 is 34.7 Å². The molecule has 0 unspecified atom stereocenters. The molecule has 0 saturated heterocycles. The molecule has 0 spiro atoms. The molecule has 0 atom stereocenters. The number of anilines is 1. The molecule has 0 radical (unpaired) electrons. The van der Waals surface area contributed by atoms with Crippen molar-refractivity contribution in [2.24, 2.45) is 5.73 Å². The minimum absolute atomic E-state index is 0.0168. The second kappa shape index (κ2) is 12.8. The van der Waals surface area contributed by atoms with Gasteiger partial charge in [-0.2, -0.15) is 4.37 Å². The van der Waals surface area contributed by atoms with Crippen LogP contribution in [0, 0.1) is 6.92 Å². The average Bonchev–Trinajstić information content (AvgIpc) is 3.13. The van der Waals surface area contributed by atoms with Crippen molar-refractivity contribution >= 4 is 51.7 Å². The van der Waals surface area contributed by atoms with Crippen molar-refractivity contribution in [3.8, 4) is 5.88 Å². The van der Waals surface area contributed by atoms with Crippen molar-refractivity contribution in [2.75, 3.05) is 32.5 Å². The molecule has 0 aliphatic heterocycles. The molecule has 0 aliphatic carbocycles. The lowest BCUT2D eigenvalue weighted by molar-refractivity contribution is 0.0996. The van der Waals surface area contributed by atoms with Crippen LogP contribution in [0.25, 0.3) is 0 Å². The van der Waals surface area contributed by atoms with Gasteiger partial charge < -0.3 is 20.7 Å². The van der Waals surface area contributed by atoms with Crippen LogP contribution < -0.4 is 21.1 Å². The number of urea groups is 1. The summed E-state index contributed by atoms with van der Waals surface area (Å²) in [5.41, 5.74) is 7.00. The zero-order valence-corrected chi connectivity index (χ0v) is 20.8. The minimum atomic E-state index is -0.752. The molecule has 1 aromatic carbocycles. The number of benzene rings is 1. The van der Waals surface area contributed by atoms with Gasteiger partial charge in [0.15, 0.2) is 0 Å². The summed E-state index contributed by atoms with van der Waals surface area (Å²) < 4.78 is 9.77. The zero-order chi connectivity index (χ0) is 23.7. The van der Waals surface area contributed by atoms with Crippen molar-refractivity contribution in [3.63, 3.8) is 0 Å². The van der Waals surface area contributed by atoms with E-state index in [1.165, 1.54) is 0 Å². The number of rotatable bonds is 12. The van der Waals surface area contributed by atoms with E-state index in [2.05, 4.69) is 34.0 Å². The van der Waals surface area contributed by atoms with Crippen LogP contribution in [0.5, 0.6) is 5.88 Å². The highest BCUT2D eigenvalue weighted by Crippen LogP contribution is 2.33. The third-order valence-corrected chi connectivity index (χ3v) is 6.43. The summed E-state index contributed by atoms with van der Waals surface area (Å²) in [6.07, 6.45) is 4.15. The quantitative estimate of drug-likeness (QED) is 0.365. The van der Waals surface area contributed by atoms with Crippen molar-refractivity contribution < 1.29 is 14.3 Å². The smallest absolute Gasteiger partial charge is 0.319 e. The van der Waals surface area contributed by atoms with Gasteiger partial charge in [-0.05, 0) is 57.5 Å². The molecular weight excluding hydrogens is 473 g/mol. The number of halogens is 2. The Hall–Kier alpha value is -2.07. The van der Waals surface area contributed by atoms with E-state index in [1.807, 2.05) is 13.0 Å². The fourth-order valence-electron chi connectivity index (χ4n) is 2.88. The molecule has 0 aliphatic rings. The fraction of sp³-hybridized carbons (Fsp3) is 0.476. The number of unbranched alkanes of at least 4 members (excludes halogenated alkanes) is 3. The van der Waals surface area contributed by atoms with Crippen LogP contribution in [-0.4, -0.2) is 48.4 Å². The fourth-order valence-corrected chi connectivity index (χ4v) is 4.06. The Morgan fingerprint density at radius 1 is 1.16 bits per heavy atom. The normalized spacial score (nSPS) is 10.9. The second-order valence-electron chi connectivity index (χ2n) is 7.61. The van der Waals surface area contributed by atoms with Crippen molar-refractivity contribution in [1.29, 1.82) is 0 Å². The molecule has 1 heterocycles. The topological polar surface area (TPSA) is 110 Å². The Morgan fingerprint density at radius 3 is 2.56 bits per heavy atom. The summed E-state index contributed by atoms with van der Waals surface area (Å²) in [6.45, 7) is 3.48. The van der Waals surface area contributed by atoms with Crippen molar-refractivity contribution in [3.05, 3.63) is 38.9 Å². The van der Waals surface area contributed by atoms with Crippen LogP contribution in [0.4, 0.5) is 9.80 Å². The maximum absolute atomic E-state index is 12.2. The van der Waals surface area contributed by atoms with Crippen LogP contribution in [-0.2, 0) is 6.61 Å². The Morgan fingerprint density at radius 2 is 1.88 bits per heavy atom. The molecule has 2 rings (SSSR count). The van der Waals surface area contributed by atoms with Gasteiger partial charge >= 0.3 is 6.03 Å². The first-order chi connectivity index (χ1) is 15.2. The summed E-state index contributed by atoms with van der Waals surface area (Å²) in [5, 5.41) is 6.45. The number of nitrogens with two attached hydrogens (primary N) is 1. The number of primary amides is 1. The third kappa shape index (κ3) is 7.81. The molecular formula is C21H29Cl2N5O3S. The molecule has 32 heavy (non-hydrogen) atoms. The van der Waals surface area contributed by atoms with E-state index < -0.39 is 11.9 Å². The van der Waals surface area contributed by atoms with E-state index in [-0.39, 0.29) is 23.1 Å². The Bertz CT molecular complexity index is 936. The van der Waals surface area contributed by atoms with E-state index in [0.29, 0.717) is 22.2 Å². The maximum atomic E-state index is 12.2. The van der Waals surface area contributed by atoms with Crippen molar-refractivity contribution in [2.45, 2.75) is 39.2 Å². The van der Waals surface area contributed by atoms with Gasteiger partial charge in [-0.1, -0.05) is 48.2 Å². The van der Waals surface area contributed by atoms with Crippen LogP contribution in [0.15, 0.2) is 12.1 Å². The molecule has 0 fully saturated rings. The lowest BCUT2D eigenvalue weighted by Crippen LogP contribution is -2.30. The van der Waals surface area contributed by atoms with Crippen LogP contribution in [0.1, 0.15) is 47.2 Å². The Kier molecular flexibility index (Phi) is 10.5. The summed E-state index contributed by atoms with van der Waals surface area (Å²) in [5.74, 6) is -0.718. The standard InChI is InChI=1S/C21H29Cl2N5O3S/c1-13-8-9-14(17(23)16(13)22)12-31-19-15(18(24)29)20(32-27-19)26-21(30)25-10-6-4-5-7-11-28(2)3/h8-9H,4-7,10-12H2,1-3H3,(H2,24,29)(H2,25,26,30). The van der Waals surface area contributed by atoms with E-state index in [9.17, 15) is 9.59 Å². The molecule has 3 amide bonds. The monoisotopic (exact) mass is 501 g/mol. The van der Waals surface area contributed by atoms with Gasteiger partial charge in [-0.15, -0.1) is 0 Å². The predicted molar refractivity (Wildman–Crippen MR) is 130 cm³/mol. The largest absolute Gasteiger partial charge is 0.472 e. The number of nitrogens with one attached hydrogen (secondary N) is 2. The lowest BCUT2D eigenvalue weighted by atomic mass is 10.1. The average molecular weight is 502 g/mol. The summed E-state index contributed by atoms with van der Waals surface area (Å²) >= 11 is 13.3. The highest BCUT2D eigenvalue weighted by Gasteiger charge is 2.22. The minimum Gasteiger partial charge on any atom is -0.472 e. The van der Waals surface area contributed by atoms with Crippen LogP contribution in [0.3, 0.4) is 0 Å². The Balaban J connectivity index is 1.89. The number of carbonyl (C=O) groups excluding carboxylic acids is 2. The molecule has 0 bridgehead atoms. The van der Waals surface area contributed by atoms with Gasteiger partial charge in [-0.3, -0.25) is 10.1 Å². The first-order valence-electron chi connectivity index (χ1n) is 10.3. The first kappa shape index (κ1) is 26.2. The number of carbonyl (C=O) groups is 2. The highest BCUT2D eigenvalue weighted by molar-refractivity contribution is 7.11. The highest BCUT2D eigenvalue weighted by atomic mass is 35.5. The van der Waals surface area contributed by atoms with E-state index in [1.54, 1.807) is 6.07 Å². The van der Waals surface area contributed by atoms with Gasteiger partial charge in [0.25, 0.3) is 5.91 Å². The van der Waals surface area contributed by atoms with Crippen LogP contribution in [0.2, 0.25) is 10.0 Å². The molecule has 0 saturated carbocycles.